The number of halogens is 1. The second-order valence-electron chi connectivity index (χ2n) is 3.58. The van der Waals surface area contributed by atoms with Crippen molar-refractivity contribution < 1.29 is 9.53 Å². The topological polar surface area (TPSA) is 90.1 Å². The van der Waals surface area contributed by atoms with Crippen LogP contribution < -0.4 is 15.8 Å². The zero-order valence-electron chi connectivity index (χ0n) is 10.1. The van der Waals surface area contributed by atoms with Gasteiger partial charge in [0.25, 0.3) is 5.91 Å². The number of benzene rings is 1. The molecule has 0 aliphatic rings. The van der Waals surface area contributed by atoms with Crippen molar-refractivity contribution in [2.75, 3.05) is 18.2 Å². The van der Waals surface area contributed by atoms with Crippen molar-refractivity contribution in [3.8, 4) is 5.75 Å². The number of nitrogen functional groups attached to an aromatic ring is 1. The van der Waals surface area contributed by atoms with Crippen LogP contribution in [0.5, 0.6) is 5.75 Å². The molecule has 2 rings (SSSR count). The van der Waals surface area contributed by atoms with Crippen molar-refractivity contribution in [2.24, 2.45) is 0 Å². The zero-order chi connectivity index (χ0) is 13.8. The number of nitrogens with zero attached hydrogens (tertiary/aromatic N) is 2. The molecule has 0 saturated heterocycles. The third-order valence-corrected chi connectivity index (χ3v) is 2.59. The van der Waals surface area contributed by atoms with Crippen LogP contribution in [-0.2, 0) is 0 Å². The Kier molecular flexibility index (Phi) is 3.82. The maximum Gasteiger partial charge on any atom is 0.260 e. The Morgan fingerprint density at radius 3 is 2.89 bits per heavy atom. The van der Waals surface area contributed by atoms with E-state index in [1.807, 2.05) is 0 Å². The summed E-state index contributed by atoms with van der Waals surface area (Å²) in [6, 6.07) is 6.43. The van der Waals surface area contributed by atoms with Crippen molar-refractivity contribution in [3.05, 3.63) is 41.2 Å². The zero-order valence-corrected chi connectivity index (χ0v) is 10.8. The van der Waals surface area contributed by atoms with Gasteiger partial charge in [0.15, 0.2) is 0 Å². The molecule has 0 spiro atoms. The fourth-order valence-electron chi connectivity index (χ4n) is 1.49. The summed E-state index contributed by atoms with van der Waals surface area (Å²) in [5.74, 6) is 0.109. The minimum Gasteiger partial charge on any atom is -0.495 e. The third kappa shape index (κ3) is 2.92. The molecule has 98 valence electrons. The lowest BCUT2D eigenvalue weighted by molar-refractivity contribution is 0.102. The van der Waals surface area contributed by atoms with Crippen molar-refractivity contribution in [3.63, 3.8) is 0 Å². The number of nitrogens with two attached hydrogens (primary N) is 1. The van der Waals surface area contributed by atoms with Crippen LogP contribution in [0.15, 0.2) is 30.5 Å². The Morgan fingerprint density at radius 2 is 2.21 bits per heavy atom. The molecule has 2 aromatic rings. The molecule has 1 aromatic carbocycles. The van der Waals surface area contributed by atoms with E-state index in [9.17, 15) is 4.79 Å². The molecule has 0 bridgehead atoms. The number of nitrogens with one attached hydrogen (secondary N) is 1. The average molecular weight is 279 g/mol. The summed E-state index contributed by atoms with van der Waals surface area (Å²) in [5, 5.41) is 2.75. The largest absolute Gasteiger partial charge is 0.495 e. The van der Waals surface area contributed by atoms with Gasteiger partial charge in [0, 0.05) is 6.20 Å². The molecular formula is C12H11ClN4O2. The highest BCUT2D eigenvalue weighted by molar-refractivity contribution is 6.29. The summed E-state index contributed by atoms with van der Waals surface area (Å²) >= 11 is 5.71. The number of methoxy groups -OCH3 is 1. The van der Waals surface area contributed by atoms with E-state index in [-0.39, 0.29) is 22.4 Å². The molecule has 1 heterocycles. The van der Waals surface area contributed by atoms with Gasteiger partial charge in [-0.2, -0.15) is 0 Å². The second-order valence-corrected chi connectivity index (χ2v) is 3.97. The molecule has 1 amide bonds. The number of carbonyl (C=O) groups is 1. The van der Waals surface area contributed by atoms with Gasteiger partial charge in [-0.25, -0.2) is 9.97 Å². The van der Waals surface area contributed by atoms with Gasteiger partial charge in [-0.15, -0.1) is 0 Å². The van der Waals surface area contributed by atoms with Crippen molar-refractivity contribution in [1.82, 2.24) is 9.97 Å². The lowest BCUT2D eigenvalue weighted by atomic mass is 10.1. The smallest absolute Gasteiger partial charge is 0.260 e. The fraction of sp³-hybridized carbons (Fsp3) is 0.0833. The predicted octanol–water partition coefficient (Wildman–Crippen LogP) is 1.97. The van der Waals surface area contributed by atoms with E-state index in [0.29, 0.717) is 5.75 Å². The van der Waals surface area contributed by atoms with Crippen molar-refractivity contribution in [2.45, 2.75) is 0 Å². The number of anilines is 2. The van der Waals surface area contributed by atoms with Gasteiger partial charge in [-0.1, -0.05) is 17.7 Å². The van der Waals surface area contributed by atoms with Crippen LogP contribution in [0.25, 0.3) is 0 Å². The van der Waals surface area contributed by atoms with E-state index in [2.05, 4.69) is 15.3 Å². The molecule has 0 radical (unpaired) electrons. The first kappa shape index (κ1) is 13.1. The normalized spacial score (nSPS) is 10.0. The first-order valence-corrected chi connectivity index (χ1v) is 5.72. The van der Waals surface area contributed by atoms with E-state index in [0.717, 1.165) is 0 Å². The van der Waals surface area contributed by atoms with Gasteiger partial charge < -0.3 is 10.5 Å². The summed E-state index contributed by atoms with van der Waals surface area (Å²) in [4.78, 5) is 19.8. The van der Waals surface area contributed by atoms with E-state index in [1.54, 1.807) is 18.2 Å². The summed E-state index contributed by atoms with van der Waals surface area (Å²) in [6.45, 7) is 0. The fourth-order valence-corrected chi connectivity index (χ4v) is 1.62. The van der Waals surface area contributed by atoms with Gasteiger partial charge in [-0.05, 0) is 18.2 Å². The third-order valence-electron chi connectivity index (χ3n) is 2.38. The number of hydrogen-bond donors (Lipinski definition) is 2. The van der Waals surface area contributed by atoms with Crippen LogP contribution in [0, 0.1) is 0 Å². The SMILES string of the molecule is COc1cccc(C(=O)Nc2nccc(Cl)n2)c1N. The standard InChI is InChI=1S/C12H11ClN4O2/c1-19-8-4-2-3-7(10(8)14)11(18)17-12-15-6-5-9(13)16-12/h2-6H,14H2,1H3,(H,15,16,17,18). The lowest BCUT2D eigenvalue weighted by Crippen LogP contribution is -2.16. The summed E-state index contributed by atoms with van der Waals surface area (Å²) in [5.41, 5.74) is 6.36. The van der Waals surface area contributed by atoms with Crippen LogP contribution in [-0.4, -0.2) is 23.0 Å². The minimum atomic E-state index is -0.432. The number of carbonyl (C=O) groups excluding carboxylic acids is 1. The van der Waals surface area contributed by atoms with Crippen LogP contribution in [0.4, 0.5) is 11.6 Å². The highest BCUT2D eigenvalue weighted by atomic mass is 35.5. The van der Waals surface area contributed by atoms with Crippen LogP contribution >= 0.6 is 11.6 Å². The quantitative estimate of drug-likeness (QED) is 0.662. The number of para-hydroxylation sites is 1. The molecule has 0 unspecified atom stereocenters. The highest BCUT2D eigenvalue weighted by Gasteiger charge is 2.14. The molecule has 3 N–H and O–H groups in total. The maximum atomic E-state index is 12.0. The van der Waals surface area contributed by atoms with Crippen molar-refractivity contribution >= 4 is 29.1 Å². The van der Waals surface area contributed by atoms with Gasteiger partial charge >= 0.3 is 0 Å². The summed E-state index contributed by atoms with van der Waals surface area (Å²) in [6.07, 6.45) is 1.44. The van der Waals surface area contributed by atoms with Crippen LogP contribution in [0.3, 0.4) is 0 Å². The van der Waals surface area contributed by atoms with Gasteiger partial charge in [0.05, 0.1) is 18.4 Å². The van der Waals surface area contributed by atoms with Crippen LogP contribution in [0.2, 0.25) is 5.15 Å². The Bertz CT molecular complexity index is 618. The van der Waals surface area contributed by atoms with Crippen molar-refractivity contribution in [1.29, 1.82) is 0 Å². The monoisotopic (exact) mass is 278 g/mol. The first-order valence-electron chi connectivity index (χ1n) is 5.34. The second kappa shape index (κ2) is 5.53. The Morgan fingerprint density at radius 1 is 1.42 bits per heavy atom. The van der Waals surface area contributed by atoms with Gasteiger partial charge in [0.1, 0.15) is 10.9 Å². The summed E-state index contributed by atoms with van der Waals surface area (Å²) in [7, 11) is 1.48. The molecule has 1 aromatic heterocycles. The molecule has 0 fully saturated rings. The van der Waals surface area contributed by atoms with E-state index >= 15 is 0 Å². The number of hydrogen-bond acceptors (Lipinski definition) is 5. The van der Waals surface area contributed by atoms with Crippen LogP contribution in [0.1, 0.15) is 10.4 Å². The maximum absolute atomic E-state index is 12.0. The molecule has 0 saturated carbocycles. The number of aromatic nitrogens is 2. The lowest BCUT2D eigenvalue weighted by Gasteiger charge is -2.09. The van der Waals surface area contributed by atoms with Gasteiger partial charge in [0.2, 0.25) is 5.95 Å². The predicted molar refractivity (Wildman–Crippen MR) is 72.4 cm³/mol. The summed E-state index contributed by atoms with van der Waals surface area (Å²) < 4.78 is 5.05. The minimum absolute atomic E-state index is 0.111. The number of rotatable bonds is 3. The Labute approximate surface area is 114 Å². The molecule has 0 aliphatic carbocycles. The van der Waals surface area contributed by atoms with Gasteiger partial charge in [-0.3, -0.25) is 10.1 Å². The van der Waals surface area contributed by atoms with E-state index in [4.69, 9.17) is 22.1 Å². The van der Waals surface area contributed by atoms with E-state index in [1.165, 1.54) is 19.4 Å². The Balaban J connectivity index is 2.25. The average Bonchev–Trinajstić information content (AvgIpc) is 2.39. The molecule has 0 aliphatic heterocycles. The molecule has 19 heavy (non-hydrogen) atoms. The molecule has 7 heteroatoms. The number of amides is 1. The van der Waals surface area contributed by atoms with E-state index < -0.39 is 5.91 Å². The molecule has 6 nitrogen and oxygen atoms in total. The molecule has 0 atom stereocenters. The molecular weight excluding hydrogens is 268 g/mol. The number of ether oxygens (including phenoxy) is 1. The Hall–Kier alpha value is -2.34. The first-order chi connectivity index (χ1) is 9.11. The highest BCUT2D eigenvalue weighted by Crippen LogP contribution is 2.25.